The number of pyridine rings is 1. The van der Waals surface area contributed by atoms with Gasteiger partial charge in [-0.25, -0.2) is 9.78 Å². The van der Waals surface area contributed by atoms with Crippen molar-refractivity contribution in [3.63, 3.8) is 0 Å². The Morgan fingerprint density at radius 1 is 1.32 bits per heavy atom. The average Bonchev–Trinajstić information content (AvgIpc) is 2.38. The molecule has 0 aromatic carbocycles. The van der Waals surface area contributed by atoms with E-state index in [0.29, 0.717) is 25.2 Å². The van der Waals surface area contributed by atoms with Crippen molar-refractivity contribution in [3.8, 4) is 0 Å². The van der Waals surface area contributed by atoms with Crippen LogP contribution in [0.25, 0.3) is 0 Å². The minimum atomic E-state index is -1.01. The maximum Gasteiger partial charge on any atom is 0.337 e. The lowest BCUT2D eigenvalue weighted by molar-refractivity contribution is -0.138. The van der Waals surface area contributed by atoms with Crippen LogP contribution in [0, 0.1) is 0 Å². The van der Waals surface area contributed by atoms with Crippen LogP contribution in [0.15, 0.2) is 18.3 Å². The zero-order valence-corrected chi connectivity index (χ0v) is 10.4. The Labute approximate surface area is 110 Å². The van der Waals surface area contributed by atoms with E-state index in [1.165, 1.54) is 12.3 Å². The molecule has 1 rings (SSSR count). The van der Waals surface area contributed by atoms with Gasteiger partial charge in [0.25, 0.3) is 0 Å². The number of anilines is 1. The number of carbonyl (C=O) groups is 2. The van der Waals surface area contributed by atoms with Gasteiger partial charge in [0.2, 0.25) is 0 Å². The zero-order valence-electron chi connectivity index (χ0n) is 10.4. The van der Waals surface area contributed by atoms with Gasteiger partial charge in [0.15, 0.2) is 0 Å². The van der Waals surface area contributed by atoms with Crippen LogP contribution in [0.3, 0.4) is 0 Å². The number of hydrogen-bond donors (Lipinski definition) is 4. The average molecular weight is 267 g/mol. The molecule has 1 aromatic heterocycles. The molecule has 0 aliphatic rings. The number of aliphatic carboxylic acids is 1. The van der Waals surface area contributed by atoms with Crippen LogP contribution in [0.5, 0.6) is 0 Å². The Hall–Kier alpha value is -2.15. The summed E-state index contributed by atoms with van der Waals surface area (Å²) in [5.74, 6) is -1.41. The third-order valence-corrected chi connectivity index (χ3v) is 2.58. The second kappa shape index (κ2) is 7.32. The summed E-state index contributed by atoms with van der Waals surface area (Å²) >= 11 is 0. The number of carboxylic acids is 2. The summed E-state index contributed by atoms with van der Waals surface area (Å²) in [5, 5.41) is 20.3. The molecule has 7 heteroatoms. The molecule has 5 N–H and O–H groups in total. The minimum absolute atomic E-state index is 0.137. The van der Waals surface area contributed by atoms with E-state index < -0.39 is 18.0 Å². The summed E-state index contributed by atoms with van der Waals surface area (Å²) in [4.78, 5) is 25.0. The van der Waals surface area contributed by atoms with E-state index in [-0.39, 0.29) is 5.56 Å². The second-order valence-corrected chi connectivity index (χ2v) is 4.10. The molecule has 0 unspecified atom stereocenters. The molecule has 0 saturated heterocycles. The normalized spacial score (nSPS) is 11.8. The van der Waals surface area contributed by atoms with Gasteiger partial charge in [-0.1, -0.05) is 0 Å². The molecule has 19 heavy (non-hydrogen) atoms. The van der Waals surface area contributed by atoms with Crippen LogP contribution < -0.4 is 11.1 Å². The Balaban J connectivity index is 2.22. The summed E-state index contributed by atoms with van der Waals surface area (Å²) in [6.07, 6.45) is 3.18. The number of nitrogens with one attached hydrogen (secondary N) is 1. The predicted molar refractivity (Wildman–Crippen MR) is 69.1 cm³/mol. The lowest BCUT2D eigenvalue weighted by atomic mass is 10.1. The number of aromatic carboxylic acids is 1. The van der Waals surface area contributed by atoms with Crippen molar-refractivity contribution in [2.24, 2.45) is 5.73 Å². The maximum atomic E-state index is 10.6. The van der Waals surface area contributed by atoms with Crippen LogP contribution in [-0.2, 0) is 4.79 Å². The molecule has 0 fully saturated rings. The van der Waals surface area contributed by atoms with Gasteiger partial charge in [0.1, 0.15) is 11.9 Å². The van der Waals surface area contributed by atoms with Crippen LogP contribution in [0.2, 0.25) is 0 Å². The number of rotatable bonds is 8. The van der Waals surface area contributed by atoms with E-state index >= 15 is 0 Å². The van der Waals surface area contributed by atoms with Crippen molar-refractivity contribution >= 4 is 17.8 Å². The Kier molecular flexibility index (Phi) is 5.74. The summed E-state index contributed by atoms with van der Waals surface area (Å²) in [7, 11) is 0. The van der Waals surface area contributed by atoms with Gasteiger partial charge in [-0.15, -0.1) is 0 Å². The number of unbranched alkanes of at least 4 members (excludes halogenated alkanes) is 1. The zero-order chi connectivity index (χ0) is 14.3. The molecule has 0 amide bonds. The van der Waals surface area contributed by atoms with Crippen LogP contribution in [0.4, 0.5) is 5.82 Å². The number of hydrogen-bond acceptors (Lipinski definition) is 5. The maximum absolute atomic E-state index is 10.6. The lowest BCUT2D eigenvalue weighted by Gasteiger charge is -2.07. The highest BCUT2D eigenvalue weighted by atomic mass is 16.4. The first kappa shape index (κ1) is 14.9. The van der Waals surface area contributed by atoms with Gasteiger partial charge >= 0.3 is 11.9 Å². The van der Waals surface area contributed by atoms with Crippen molar-refractivity contribution in [2.45, 2.75) is 25.3 Å². The third-order valence-electron chi connectivity index (χ3n) is 2.58. The summed E-state index contributed by atoms with van der Waals surface area (Å²) < 4.78 is 0. The highest BCUT2D eigenvalue weighted by Gasteiger charge is 2.09. The first-order valence-electron chi connectivity index (χ1n) is 5.92. The van der Waals surface area contributed by atoms with Crippen molar-refractivity contribution < 1.29 is 19.8 Å². The largest absolute Gasteiger partial charge is 0.480 e. The smallest absolute Gasteiger partial charge is 0.337 e. The molecule has 0 radical (unpaired) electrons. The SMILES string of the molecule is N[C@@H](CCCCNc1ccc(C(=O)O)cn1)C(=O)O. The number of aromatic nitrogens is 1. The fourth-order valence-electron chi connectivity index (χ4n) is 1.45. The Bertz CT molecular complexity index is 433. The number of nitrogens with two attached hydrogens (primary N) is 1. The molecule has 0 aliphatic heterocycles. The van der Waals surface area contributed by atoms with Crippen LogP contribution >= 0.6 is 0 Å². The molecular formula is C12H17N3O4. The lowest BCUT2D eigenvalue weighted by Crippen LogP contribution is -2.29. The molecule has 1 heterocycles. The monoisotopic (exact) mass is 267 g/mol. The van der Waals surface area contributed by atoms with Gasteiger partial charge in [-0.2, -0.15) is 0 Å². The number of nitrogens with zero attached hydrogens (tertiary/aromatic N) is 1. The van der Waals surface area contributed by atoms with Crippen LogP contribution in [0.1, 0.15) is 29.6 Å². The summed E-state index contributed by atoms with van der Waals surface area (Å²) in [6.45, 7) is 0.631. The number of carboxylic acid groups (broad SMARTS) is 2. The predicted octanol–water partition coefficient (Wildman–Crippen LogP) is 0.774. The van der Waals surface area contributed by atoms with Gasteiger partial charge in [-0.3, -0.25) is 4.79 Å². The Morgan fingerprint density at radius 2 is 2.05 bits per heavy atom. The van der Waals surface area contributed by atoms with Gasteiger partial charge in [-0.05, 0) is 31.4 Å². The van der Waals surface area contributed by atoms with Crippen molar-refractivity contribution in [3.05, 3.63) is 23.9 Å². The molecule has 0 bridgehead atoms. The molecule has 1 atom stereocenters. The molecule has 0 saturated carbocycles. The molecule has 7 nitrogen and oxygen atoms in total. The fourth-order valence-corrected chi connectivity index (χ4v) is 1.45. The van der Waals surface area contributed by atoms with E-state index in [9.17, 15) is 9.59 Å². The van der Waals surface area contributed by atoms with E-state index in [1.54, 1.807) is 6.07 Å². The first-order chi connectivity index (χ1) is 9.00. The summed E-state index contributed by atoms with van der Waals surface area (Å²) in [5.41, 5.74) is 5.50. The van der Waals surface area contributed by atoms with Gasteiger partial charge in [0, 0.05) is 12.7 Å². The van der Waals surface area contributed by atoms with E-state index in [0.717, 1.165) is 6.42 Å². The van der Waals surface area contributed by atoms with E-state index in [1.807, 2.05) is 0 Å². The quantitative estimate of drug-likeness (QED) is 0.512. The fraction of sp³-hybridized carbons (Fsp3) is 0.417. The van der Waals surface area contributed by atoms with Gasteiger partial charge < -0.3 is 21.3 Å². The molecule has 1 aromatic rings. The standard InChI is InChI=1S/C12H17N3O4/c13-9(12(18)19)3-1-2-6-14-10-5-4-8(7-15-10)11(16)17/h4-5,7,9H,1-3,6,13H2,(H,14,15)(H,16,17)(H,18,19)/t9-/m0/s1. The van der Waals surface area contributed by atoms with Gasteiger partial charge in [0.05, 0.1) is 5.56 Å². The molecule has 0 aliphatic carbocycles. The minimum Gasteiger partial charge on any atom is -0.480 e. The van der Waals surface area contributed by atoms with Crippen molar-refractivity contribution in [1.82, 2.24) is 4.98 Å². The molecule has 0 spiro atoms. The summed E-state index contributed by atoms with van der Waals surface area (Å²) in [6, 6.07) is 2.25. The Morgan fingerprint density at radius 3 is 2.58 bits per heavy atom. The third kappa shape index (κ3) is 5.35. The van der Waals surface area contributed by atoms with Crippen molar-refractivity contribution in [2.75, 3.05) is 11.9 Å². The topological polar surface area (TPSA) is 126 Å². The highest BCUT2D eigenvalue weighted by Crippen LogP contribution is 2.06. The van der Waals surface area contributed by atoms with E-state index in [4.69, 9.17) is 15.9 Å². The highest BCUT2D eigenvalue weighted by molar-refractivity contribution is 5.87. The second-order valence-electron chi connectivity index (χ2n) is 4.10. The van der Waals surface area contributed by atoms with E-state index in [2.05, 4.69) is 10.3 Å². The van der Waals surface area contributed by atoms with Crippen LogP contribution in [-0.4, -0.2) is 39.7 Å². The van der Waals surface area contributed by atoms with Crippen molar-refractivity contribution in [1.29, 1.82) is 0 Å². The molecular weight excluding hydrogens is 250 g/mol. The first-order valence-corrected chi connectivity index (χ1v) is 5.92. The molecule has 104 valence electrons.